The number of rotatable bonds is 3. The van der Waals surface area contributed by atoms with Gasteiger partial charge in [-0.25, -0.2) is 0 Å². The molecule has 0 atom stereocenters. The molecule has 2 rings (SSSR count). The molecular weight excluding hydrogens is 220 g/mol. The van der Waals surface area contributed by atoms with Gasteiger partial charge in [0.1, 0.15) is 5.75 Å². The number of carbonyl (C=O) groups is 1. The molecule has 0 saturated carbocycles. The number of aliphatic carboxylic acids is 1. The Morgan fingerprint density at radius 2 is 2.24 bits per heavy atom. The van der Waals surface area contributed by atoms with Crippen LogP contribution in [0, 0.1) is 5.41 Å². The van der Waals surface area contributed by atoms with Crippen LogP contribution >= 0.6 is 0 Å². The zero-order valence-corrected chi connectivity index (χ0v) is 10.0. The van der Waals surface area contributed by atoms with E-state index in [0.29, 0.717) is 13.0 Å². The Hall–Kier alpha value is -1.55. The summed E-state index contributed by atoms with van der Waals surface area (Å²) in [6.07, 6.45) is 0.486. The summed E-state index contributed by atoms with van der Waals surface area (Å²) in [5.74, 6) is 0.00871. The minimum absolute atomic E-state index is 0.263. The van der Waals surface area contributed by atoms with Crippen LogP contribution in [0.1, 0.15) is 25.0 Å². The van der Waals surface area contributed by atoms with Gasteiger partial charge >= 0.3 is 5.97 Å². The predicted molar refractivity (Wildman–Crippen MR) is 61.8 cm³/mol. The lowest BCUT2D eigenvalue weighted by molar-refractivity contribution is -0.146. The zero-order valence-electron chi connectivity index (χ0n) is 10.0. The largest absolute Gasteiger partial charge is 0.481 e. The first kappa shape index (κ1) is 11.9. The van der Waals surface area contributed by atoms with E-state index < -0.39 is 11.4 Å². The fraction of sp³-hybridized carbons (Fsp3) is 0.462. The molecule has 0 bridgehead atoms. The van der Waals surface area contributed by atoms with Gasteiger partial charge in [0.25, 0.3) is 0 Å². The highest BCUT2D eigenvalue weighted by atomic mass is 16.7. The number of carboxylic acid groups (broad SMARTS) is 1. The van der Waals surface area contributed by atoms with E-state index in [1.807, 2.05) is 18.2 Å². The second-order valence-corrected chi connectivity index (χ2v) is 4.92. The van der Waals surface area contributed by atoms with Crippen molar-refractivity contribution < 1.29 is 19.4 Å². The molecule has 0 radical (unpaired) electrons. The zero-order chi connectivity index (χ0) is 12.5. The van der Waals surface area contributed by atoms with Crippen molar-refractivity contribution in [1.82, 2.24) is 0 Å². The molecule has 1 aromatic carbocycles. The van der Waals surface area contributed by atoms with Gasteiger partial charge in [0.15, 0.2) is 6.79 Å². The highest BCUT2D eigenvalue weighted by Crippen LogP contribution is 2.28. The van der Waals surface area contributed by atoms with Crippen molar-refractivity contribution in [2.75, 3.05) is 6.79 Å². The lowest BCUT2D eigenvalue weighted by atomic mass is 9.85. The number of hydrogen-bond donors (Lipinski definition) is 1. The third kappa shape index (κ3) is 2.58. The topological polar surface area (TPSA) is 55.8 Å². The fourth-order valence-corrected chi connectivity index (χ4v) is 1.81. The van der Waals surface area contributed by atoms with Crippen molar-refractivity contribution in [2.24, 2.45) is 5.41 Å². The van der Waals surface area contributed by atoms with Crippen molar-refractivity contribution in [2.45, 2.75) is 26.9 Å². The number of benzene rings is 1. The summed E-state index contributed by atoms with van der Waals surface area (Å²) < 4.78 is 10.5. The Bertz CT molecular complexity index is 437. The fourth-order valence-electron chi connectivity index (χ4n) is 1.81. The van der Waals surface area contributed by atoms with Gasteiger partial charge in [0.05, 0.1) is 12.0 Å². The van der Waals surface area contributed by atoms with E-state index in [2.05, 4.69) is 0 Å². The van der Waals surface area contributed by atoms with Gasteiger partial charge in [-0.2, -0.15) is 0 Å². The van der Waals surface area contributed by atoms with E-state index in [0.717, 1.165) is 16.9 Å². The van der Waals surface area contributed by atoms with Crippen LogP contribution in [0.2, 0.25) is 0 Å². The highest BCUT2D eigenvalue weighted by Gasteiger charge is 2.27. The molecule has 0 fully saturated rings. The Labute approximate surface area is 100 Å². The van der Waals surface area contributed by atoms with Crippen molar-refractivity contribution in [3.63, 3.8) is 0 Å². The minimum Gasteiger partial charge on any atom is -0.481 e. The van der Waals surface area contributed by atoms with Crippen LogP contribution in [0.3, 0.4) is 0 Å². The maximum Gasteiger partial charge on any atom is 0.309 e. The van der Waals surface area contributed by atoms with Crippen molar-refractivity contribution in [3.05, 3.63) is 29.3 Å². The van der Waals surface area contributed by atoms with Gasteiger partial charge in [-0.3, -0.25) is 4.79 Å². The third-order valence-electron chi connectivity index (χ3n) is 2.91. The van der Waals surface area contributed by atoms with Gasteiger partial charge in [-0.05, 0) is 31.9 Å². The van der Waals surface area contributed by atoms with E-state index in [1.165, 1.54) is 0 Å². The van der Waals surface area contributed by atoms with Crippen LogP contribution in [0.5, 0.6) is 5.75 Å². The molecule has 17 heavy (non-hydrogen) atoms. The predicted octanol–water partition coefficient (Wildman–Crippen LogP) is 2.21. The van der Waals surface area contributed by atoms with Crippen LogP contribution in [0.25, 0.3) is 0 Å². The molecule has 0 spiro atoms. The maximum atomic E-state index is 11.1. The number of hydrogen-bond acceptors (Lipinski definition) is 3. The molecule has 1 heterocycles. The van der Waals surface area contributed by atoms with E-state index in [9.17, 15) is 4.79 Å². The Balaban J connectivity index is 2.20. The standard InChI is InChI=1S/C13H16O4/c1-13(2,12(14)15)6-9-3-4-10-7-16-8-17-11(10)5-9/h3-5H,6-8H2,1-2H3,(H,14,15). The summed E-state index contributed by atoms with van der Waals surface area (Å²) in [6, 6.07) is 5.77. The maximum absolute atomic E-state index is 11.1. The Morgan fingerprint density at radius 1 is 1.47 bits per heavy atom. The second-order valence-electron chi connectivity index (χ2n) is 4.92. The molecule has 1 N–H and O–H groups in total. The van der Waals surface area contributed by atoms with Gasteiger partial charge in [-0.15, -0.1) is 0 Å². The first-order valence-corrected chi connectivity index (χ1v) is 5.55. The minimum atomic E-state index is -0.792. The summed E-state index contributed by atoms with van der Waals surface area (Å²) in [5.41, 5.74) is 1.21. The molecular formula is C13H16O4. The molecule has 0 saturated heterocycles. The lowest BCUT2D eigenvalue weighted by Gasteiger charge is -2.22. The summed E-state index contributed by atoms with van der Waals surface area (Å²) in [4.78, 5) is 11.1. The number of carboxylic acids is 1. The smallest absolute Gasteiger partial charge is 0.309 e. The molecule has 0 aromatic heterocycles. The quantitative estimate of drug-likeness (QED) is 0.874. The lowest BCUT2D eigenvalue weighted by Crippen LogP contribution is -2.26. The Morgan fingerprint density at radius 3 is 2.94 bits per heavy atom. The van der Waals surface area contributed by atoms with E-state index in [4.69, 9.17) is 14.6 Å². The first-order valence-electron chi connectivity index (χ1n) is 5.55. The van der Waals surface area contributed by atoms with Crippen LogP contribution < -0.4 is 4.74 Å². The number of ether oxygens (including phenoxy) is 2. The van der Waals surface area contributed by atoms with Crippen molar-refractivity contribution in [1.29, 1.82) is 0 Å². The van der Waals surface area contributed by atoms with Gasteiger partial charge < -0.3 is 14.6 Å². The highest BCUT2D eigenvalue weighted by molar-refractivity contribution is 5.74. The van der Waals surface area contributed by atoms with Crippen molar-refractivity contribution >= 4 is 5.97 Å². The molecule has 0 unspecified atom stereocenters. The van der Waals surface area contributed by atoms with Crippen LogP contribution in [-0.4, -0.2) is 17.9 Å². The second kappa shape index (κ2) is 4.37. The summed E-state index contributed by atoms with van der Waals surface area (Å²) in [6.45, 7) is 4.26. The van der Waals surface area contributed by atoms with Crippen LogP contribution in [-0.2, 0) is 22.6 Å². The first-order chi connectivity index (χ1) is 7.99. The molecule has 1 aromatic rings. The summed E-state index contributed by atoms with van der Waals surface area (Å²) in [7, 11) is 0. The average Bonchev–Trinajstić information content (AvgIpc) is 2.28. The van der Waals surface area contributed by atoms with Crippen LogP contribution in [0.15, 0.2) is 18.2 Å². The third-order valence-corrected chi connectivity index (χ3v) is 2.91. The van der Waals surface area contributed by atoms with Gasteiger partial charge in [0, 0.05) is 5.56 Å². The molecule has 92 valence electrons. The molecule has 4 heteroatoms. The summed E-state index contributed by atoms with van der Waals surface area (Å²) in [5, 5.41) is 9.09. The molecule has 0 aliphatic carbocycles. The van der Waals surface area contributed by atoms with Crippen molar-refractivity contribution in [3.8, 4) is 5.75 Å². The molecule has 1 aliphatic rings. The molecule has 1 aliphatic heterocycles. The normalized spacial score (nSPS) is 14.9. The van der Waals surface area contributed by atoms with Gasteiger partial charge in [-0.1, -0.05) is 12.1 Å². The SMILES string of the molecule is CC(C)(Cc1ccc2c(c1)OCOC2)C(=O)O. The van der Waals surface area contributed by atoms with Gasteiger partial charge in [0.2, 0.25) is 0 Å². The van der Waals surface area contributed by atoms with E-state index in [1.54, 1.807) is 13.8 Å². The summed E-state index contributed by atoms with van der Waals surface area (Å²) >= 11 is 0. The van der Waals surface area contributed by atoms with E-state index in [-0.39, 0.29) is 6.79 Å². The van der Waals surface area contributed by atoms with E-state index >= 15 is 0 Å². The average molecular weight is 236 g/mol. The molecule has 4 nitrogen and oxygen atoms in total. The molecule has 0 amide bonds. The number of fused-ring (bicyclic) bond motifs is 1. The van der Waals surface area contributed by atoms with Crippen LogP contribution in [0.4, 0.5) is 0 Å². The Kier molecular flexibility index (Phi) is 3.07. The monoisotopic (exact) mass is 236 g/mol.